The van der Waals surface area contributed by atoms with E-state index in [1.54, 1.807) is 26.0 Å². The summed E-state index contributed by atoms with van der Waals surface area (Å²) in [5.74, 6) is -0.620. The maximum atomic E-state index is 13.6. The van der Waals surface area contributed by atoms with E-state index in [2.05, 4.69) is 6.58 Å². The predicted molar refractivity (Wildman–Crippen MR) is 156 cm³/mol. The molecule has 0 amide bonds. The summed E-state index contributed by atoms with van der Waals surface area (Å²) in [5, 5.41) is 0. The van der Waals surface area contributed by atoms with E-state index in [9.17, 15) is 24.0 Å². The van der Waals surface area contributed by atoms with Gasteiger partial charge >= 0.3 is 17.9 Å². The summed E-state index contributed by atoms with van der Waals surface area (Å²) in [7, 11) is 0. The molecule has 0 N–H and O–H groups in total. The standard InChI is InChI=1S/C33H44O8/c1-20(2)29(40-24(6)35)18-30(38)33(9)14-10-13-32(33,8)19-27(37)15-21(3)11-12-26-17-28(39-23(5)34)16-22(4)31(26)41-25(7)36/h11,16-17,29H,1,10,12-15,18-19H2,2-9H3/t29-,32+,33-/m1/s1. The first-order chi connectivity index (χ1) is 19.0. The Bertz CT molecular complexity index is 1260. The van der Waals surface area contributed by atoms with Gasteiger partial charge in [-0.15, -0.1) is 0 Å². The normalized spacial score (nSPS) is 21.1. The molecule has 41 heavy (non-hydrogen) atoms. The molecule has 1 aliphatic rings. The molecule has 0 unspecified atom stereocenters. The van der Waals surface area contributed by atoms with E-state index < -0.39 is 34.8 Å². The van der Waals surface area contributed by atoms with Crippen LogP contribution in [0.5, 0.6) is 11.5 Å². The van der Waals surface area contributed by atoms with E-state index in [4.69, 9.17) is 14.2 Å². The van der Waals surface area contributed by atoms with E-state index in [-0.39, 0.29) is 30.8 Å². The molecule has 0 saturated heterocycles. The number of carbonyl (C=O) groups is 5. The van der Waals surface area contributed by atoms with Crippen molar-refractivity contribution < 1.29 is 38.2 Å². The van der Waals surface area contributed by atoms with Crippen molar-refractivity contribution in [2.24, 2.45) is 10.8 Å². The molecule has 0 bridgehead atoms. The Morgan fingerprint density at radius 2 is 1.59 bits per heavy atom. The Hall–Kier alpha value is -3.55. The van der Waals surface area contributed by atoms with Gasteiger partial charge in [0.25, 0.3) is 0 Å². The summed E-state index contributed by atoms with van der Waals surface area (Å²) >= 11 is 0. The summed E-state index contributed by atoms with van der Waals surface area (Å²) in [6.07, 6.45) is 4.36. The Kier molecular flexibility index (Phi) is 11.4. The first-order valence-electron chi connectivity index (χ1n) is 14.0. The molecule has 2 rings (SSSR count). The summed E-state index contributed by atoms with van der Waals surface area (Å²) in [4.78, 5) is 61.5. The van der Waals surface area contributed by atoms with Gasteiger partial charge in [-0.25, -0.2) is 0 Å². The average Bonchev–Trinajstić information content (AvgIpc) is 3.12. The molecule has 8 heteroatoms. The molecule has 1 saturated carbocycles. The third kappa shape index (κ3) is 8.97. The molecule has 8 nitrogen and oxygen atoms in total. The number of aryl methyl sites for hydroxylation is 1. The van der Waals surface area contributed by atoms with Crippen molar-refractivity contribution in [2.45, 2.75) is 106 Å². The van der Waals surface area contributed by atoms with Crippen molar-refractivity contribution in [1.29, 1.82) is 0 Å². The van der Waals surface area contributed by atoms with Crippen LogP contribution >= 0.6 is 0 Å². The molecule has 0 aromatic heterocycles. The molecule has 1 fully saturated rings. The highest BCUT2D eigenvalue weighted by molar-refractivity contribution is 5.89. The van der Waals surface area contributed by atoms with Crippen molar-refractivity contribution in [3.8, 4) is 11.5 Å². The minimum absolute atomic E-state index is 0.0205. The number of esters is 3. The minimum Gasteiger partial charge on any atom is -0.458 e. The lowest BCUT2D eigenvalue weighted by Gasteiger charge is -2.40. The summed E-state index contributed by atoms with van der Waals surface area (Å²) in [6.45, 7) is 17.1. The van der Waals surface area contributed by atoms with Gasteiger partial charge in [0.2, 0.25) is 0 Å². The summed E-state index contributed by atoms with van der Waals surface area (Å²) < 4.78 is 16.0. The lowest BCUT2D eigenvalue weighted by Crippen LogP contribution is -2.42. The first-order valence-corrected chi connectivity index (χ1v) is 14.0. The van der Waals surface area contributed by atoms with E-state index in [1.807, 2.05) is 26.8 Å². The maximum absolute atomic E-state index is 13.6. The summed E-state index contributed by atoms with van der Waals surface area (Å²) in [5.41, 5.74) is 1.52. The number of carbonyl (C=O) groups excluding carboxylic acids is 5. The number of hydrogen-bond acceptors (Lipinski definition) is 8. The van der Waals surface area contributed by atoms with Crippen molar-refractivity contribution in [2.75, 3.05) is 0 Å². The Balaban J connectivity index is 2.18. The van der Waals surface area contributed by atoms with Crippen LogP contribution in [0.3, 0.4) is 0 Å². The maximum Gasteiger partial charge on any atom is 0.308 e. The Labute approximate surface area is 243 Å². The smallest absolute Gasteiger partial charge is 0.308 e. The van der Waals surface area contributed by atoms with Crippen molar-refractivity contribution in [3.63, 3.8) is 0 Å². The van der Waals surface area contributed by atoms with Crippen molar-refractivity contribution >= 4 is 29.5 Å². The molecule has 224 valence electrons. The third-order valence-electron chi connectivity index (χ3n) is 8.15. The molecule has 0 heterocycles. The van der Waals surface area contributed by atoms with Crippen LogP contribution in [0, 0.1) is 17.8 Å². The first kappa shape index (κ1) is 33.7. The second kappa shape index (κ2) is 13.9. The molecule has 0 aliphatic heterocycles. The van der Waals surface area contributed by atoms with Gasteiger partial charge in [0.1, 0.15) is 29.2 Å². The van der Waals surface area contributed by atoms with E-state index in [0.29, 0.717) is 41.0 Å². The Morgan fingerprint density at radius 1 is 0.951 bits per heavy atom. The highest BCUT2D eigenvalue weighted by Gasteiger charge is 2.53. The second-order valence-electron chi connectivity index (χ2n) is 11.9. The monoisotopic (exact) mass is 568 g/mol. The van der Waals surface area contributed by atoms with Gasteiger partial charge in [-0.1, -0.05) is 38.5 Å². The second-order valence-corrected chi connectivity index (χ2v) is 11.9. The number of ether oxygens (including phenoxy) is 3. The zero-order valence-electron chi connectivity index (χ0n) is 25.7. The van der Waals surface area contributed by atoms with Crippen LogP contribution in [-0.4, -0.2) is 35.6 Å². The van der Waals surface area contributed by atoms with Gasteiger partial charge in [0.05, 0.1) is 0 Å². The molecular weight excluding hydrogens is 524 g/mol. The lowest BCUT2D eigenvalue weighted by molar-refractivity contribution is -0.148. The van der Waals surface area contributed by atoms with Crippen LogP contribution in [0.15, 0.2) is 35.9 Å². The fraction of sp³-hybridized carbons (Fsp3) is 0.545. The molecule has 3 atom stereocenters. The number of allylic oxidation sites excluding steroid dienone is 2. The van der Waals surface area contributed by atoms with Gasteiger partial charge in [-0.2, -0.15) is 0 Å². The van der Waals surface area contributed by atoms with Crippen LogP contribution in [0.25, 0.3) is 0 Å². The number of Topliss-reactive ketones (excluding diaryl/α,β-unsaturated/α-hetero) is 2. The topological polar surface area (TPSA) is 113 Å². The quantitative estimate of drug-likeness (QED) is 0.154. The van der Waals surface area contributed by atoms with E-state index in [0.717, 1.165) is 18.4 Å². The minimum atomic E-state index is -0.720. The molecule has 0 spiro atoms. The number of rotatable bonds is 13. The van der Waals surface area contributed by atoms with E-state index in [1.165, 1.54) is 20.8 Å². The molecule has 1 aliphatic carbocycles. The largest absolute Gasteiger partial charge is 0.458 e. The number of hydrogen-bond donors (Lipinski definition) is 0. The lowest BCUT2D eigenvalue weighted by atomic mass is 9.62. The van der Waals surface area contributed by atoms with Crippen LogP contribution in [0.2, 0.25) is 0 Å². The molecular formula is C33H44O8. The third-order valence-corrected chi connectivity index (χ3v) is 8.15. The molecule has 1 aromatic carbocycles. The number of benzene rings is 1. The van der Waals surface area contributed by atoms with Gasteiger partial charge in [0, 0.05) is 51.0 Å². The zero-order chi connectivity index (χ0) is 31.1. The van der Waals surface area contributed by atoms with Gasteiger partial charge in [-0.05, 0) is 68.7 Å². The SMILES string of the molecule is C=C(C)[C@@H](CC(=O)[C@@]1(C)CCC[C@@]1(C)CC(=O)CC(C)=CCc1cc(OC(C)=O)cc(C)c1OC(C)=O)OC(C)=O. The Morgan fingerprint density at radius 3 is 2.15 bits per heavy atom. The fourth-order valence-corrected chi connectivity index (χ4v) is 5.72. The predicted octanol–water partition coefficient (Wildman–Crippen LogP) is 6.35. The van der Waals surface area contributed by atoms with E-state index >= 15 is 0 Å². The zero-order valence-corrected chi connectivity index (χ0v) is 25.7. The fourth-order valence-electron chi connectivity index (χ4n) is 5.72. The highest BCUT2D eigenvalue weighted by Crippen LogP contribution is 2.56. The average molecular weight is 569 g/mol. The van der Waals surface area contributed by atoms with Crippen LogP contribution < -0.4 is 9.47 Å². The van der Waals surface area contributed by atoms with Crippen LogP contribution in [0.4, 0.5) is 0 Å². The van der Waals surface area contributed by atoms with Crippen LogP contribution in [-0.2, 0) is 35.1 Å². The van der Waals surface area contributed by atoms with Crippen LogP contribution in [0.1, 0.15) is 98.1 Å². The summed E-state index contributed by atoms with van der Waals surface area (Å²) in [6, 6.07) is 3.29. The highest BCUT2D eigenvalue weighted by atomic mass is 16.5. The molecule has 1 aromatic rings. The molecule has 0 radical (unpaired) electrons. The van der Waals surface area contributed by atoms with Gasteiger partial charge in [0.15, 0.2) is 0 Å². The number of ketones is 2. The van der Waals surface area contributed by atoms with Gasteiger partial charge in [-0.3, -0.25) is 24.0 Å². The van der Waals surface area contributed by atoms with Crippen molar-refractivity contribution in [3.05, 3.63) is 47.1 Å². The van der Waals surface area contributed by atoms with Gasteiger partial charge < -0.3 is 14.2 Å². The van der Waals surface area contributed by atoms with Crippen molar-refractivity contribution in [1.82, 2.24) is 0 Å².